The fraction of sp³-hybridized carbons (Fsp3) is 0.200. The molecule has 2 amide bonds. The first-order valence-electron chi connectivity index (χ1n) is 10.6. The fourth-order valence-electron chi connectivity index (χ4n) is 3.52. The van der Waals surface area contributed by atoms with E-state index in [0.29, 0.717) is 39.9 Å². The van der Waals surface area contributed by atoms with E-state index in [1.807, 2.05) is 30.3 Å². The molecule has 0 radical (unpaired) electrons. The van der Waals surface area contributed by atoms with Gasteiger partial charge in [0.15, 0.2) is 0 Å². The number of hydrogen-bond donors (Lipinski definition) is 3. The van der Waals surface area contributed by atoms with Crippen molar-refractivity contribution in [2.45, 2.75) is 18.2 Å². The molecule has 4 rings (SSSR count). The summed E-state index contributed by atoms with van der Waals surface area (Å²) in [5.41, 5.74) is 3.37. The maximum absolute atomic E-state index is 13.9. The molecular weight excluding hydrogens is 461 g/mol. The summed E-state index contributed by atoms with van der Waals surface area (Å²) in [5.74, 6) is 0.0681. The van der Waals surface area contributed by atoms with Gasteiger partial charge in [0, 0.05) is 34.2 Å². The van der Waals surface area contributed by atoms with Crippen molar-refractivity contribution in [3.8, 4) is 0 Å². The first-order chi connectivity index (χ1) is 16.0. The van der Waals surface area contributed by atoms with Crippen LogP contribution in [0.3, 0.4) is 0 Å². The highest BCUT2D eigenvalue weighted by Gasteiger charge is 2.26. The van der Waals surface area contributed by atoms with Crippen LogP contribution in [0, 0.1) is 5.82 Å². The number of carbonyl (C=O) groups is 2. The Morgan fingerprint density at radius 1 is 1.06 bits per heavy atom. The van der Waals surface area contributed by atoms with Crippen molar-refractivity contribution in [2.24, 2.45) is 0 Å². The lowest BCUT2D eigenvalue weighted by molar-refractivity contribution is -0.116. The molecule has 3 aromatic carbocycles. The minimum Gasteiger partial charge on any atom is -0.371 e. The van der Waals surface area contributed by atoms with Crippen molar-refractivity contribution < 1.29 is 14.0 Å². The summed E-state index contributed by atoms with van der Waals surface area (Å²) in [5, 5.41) is 9.35. The lowest BCUT2D eigenvalue weighted by Crippen LogP contribution is -2.40. The van der Waals surface area contributed by atoms with Gasteiger partial charge in [-0.05, 0) is 42.3 Å². The Morgan fingerprint density at radius 3 is 2.67 bits per heavy atom. The zero-order chi connectivity index (χ0) is 23.2. The molecule has 1 aliphatic heterocycles. The Kier molecular flexibility index (Phi) is 7.52. The molecule has 5 nitrogen and oxygen atoms in total. The van der Waals surface area contributed by atoms with Gasteiger partial charge in [-0.1, -0.05) is 48.0 Å². The SMILES string of the molecule is O=C(NCCc1ccccc1)c1ccc2c(c1)NC(=O)[C@@H](CSCc1c(F)cccc1Cl)N2. The van der Waals surface area contributed by atoms with Crippen LogP contribution < -0.4 is 16.0 Å². The Balaban J connectivity index is 1.31. The molecule has 0 fully saturated rings. The highest BCUT2D eigenvalue weighted by molar-refractivity contribution is 7.98. The number of carbonyl (C=O) groups excluding carboxylic acids is 2. The molecule has 3 aromatic rings. The van der Waals surface area contributed by atoms with Crippen LogP contribution in [0.15, 0.2) is 66.7 Å². The Hall–Kier alpha value is -3.03. The van der Waals surface area contributed by atoms with E-state index < -0.39 is 6.04 Å². The smallest absolute Gasteiger partial charge is 0.251 e. The largest absolute Gasteiger partial charge is 0.371 e. The van der Waals surface area contributed by atoms with Crippen LogP contribution in [0.5, 0.6) is 0 Å². The third-order valence-electron chi connectivity index (χ3n) is 5.32. The average molecular weight is 484 g/mol. The van der Waals surface area contributed by atoms with Crippen LogP contribution in [0.1, 0.15) is 21.5 Å². The second-order valence-electron chi connectivity index (χ2n) is 7.65. The van der Waals surface area contributed by atoms with Gasteiger partial charge in [0.2, 0.25) is 5.91 Å². The fourth-order valence-corrected chi connectivity index (χ4v) is 4.92. The number of nitrogens with one attached hydrogen (secondary N) is 3. The Morgan fingerprint density at radius 2 is 1.88 bits per heavy atom. The number of halogens is 2. The summed E-state index contributed by atoms with van der Waals surface area (Å²) in [6, 6.07) is 19.2. The summed E-state index contributed by atoms with van der Waals surface area (Å²) >= 11 is 7.49. The van der Waals surface area contributed by atoms with Crippen LogP contribution in [0.2, 0.25) is 5.02 Å². The summed E-state index contributed by atoms with van der Waals surface area (Å²) in [4.78, 5) is 25.1. The molecule has 170 valence electrons. The maximum Gasteiger partial charge on any atom is 0.251 e. The number of hydrogen-bond acceptors (Lipinski definition) is 4. The van der Waals surface area contributed by atoms with Crippen molar-refractivity contribution >= 4 is 46.6 Å². The zero-order valence-electron chi connectivity index (χ0n) is 17.7. The predicted molar refractivity (Wildman–Crippen MR) is 133 cm³/mol. The topological polar surface area (TPSA) is 70.2 Å². The quantitative estimate of drug-likeness (QED) is 0.416. The first-order valence-corrected chi connectivity index (χ1v) is 12.1. The molecule has 0 spiro atoms. The first kappa shape index (κ1) is 23.1. The molecule has 8 heteroatoms. The minimum atomic E-state index is -0.474. The van der Waals surface area contributed by atoms with Crippen LogP contribution in [-0.4, -0.2) is 30.2 Å². The van der Waals surface area contributed by atoms with Crippen molar-refractivity contribution in [3.05, 3.63) is 94.3 Å². The molecule has 0 bridgehead atoms. The van der Waals surface area contributed by atoms with Gasteiger partial charge in [0.25, 0.3) is 5.91 Å². The monoisotopic (exact) mass is 483 g/mol. The van der Waals surface area contributed by atoms with E-state index in [-0.39, 0.29) is 17.6 Å². The number of thioether (sulfide) groups is 1. The molecule has 1 heterocycles. The van der Waals surface area contributed by atoms with Gasteiger partial charge in [-0.3, -0.25) is 9.59 Å². The number of anilines is 2. The van der Waals surface area contributed by atoms with E-state index in [1.54, 1.807) is 30.3 Å². The summed E-state index contributed by atoms with van der Waals surface area (Å²) < 4.78 is 13.9. The number of benzene rings is 3. The van der Waals surface area contributed by atoms with Crippen LogP contribution in [-0.2, 0) is 17.0 Å². The highest BCUT2D eigenvalue weighted by atomic mass is 35.5. The molecule has 33 heavy (non-hydrogen) atoms. The third kappa shape index (κ3) is 5.86. The Labute approximate surface area is 201 Å². The third-order valence-corrected chi connectivity index (χ3v) is 6.74. The van der Waals surface area contributed by atoms with Crippen LogP contribution in [0.25, 0.3) is 0 Å². The van der Waals surface area contributed by atoms with Gasteiger partial charge in [0.05, 0.1) is 11.4 Å². The van der Waals surface area contributed by atoms with E-state index in [9.17, 15) is 14.0 Å². The van der Waals surface area contributed by atoms with Gasteiger partial charge in [-0.15, -0.1) is 0 Å². The molecule has 0 aromatic heterocycles. The van der Waals surface area contributed by atoms with Crippen molar-refractivity contribution in [2.75, 3.05) is 22.9 Å². The van der Waals surface area contributed by atoms with Gasteiger partial charge in [0.1, 0.15) is 11.9 Å². The van der Waals surface area contributed by atoms with Crippen molar-refractivity contribution in [3.63, 3.8) is 0 Å². The van der Waals surface area contributed by atoms with Gasteiger partial charge < -0.3 is 16.0 Å². The van der Waals surface area contributed by atoms with Gasteiger partial charge in [-0.25, -0.2) is 4.39 Å². The van der Waals surface area contributed by atoms with Crippen molar-refractivity contribution in [1.82, 2.24) is 5.32 Å². The molecule has 0 aliphatic carbocycles. The molecule has 0 saturated carbocycles. The predicted octanol–water partition coefficient (Wildman–Crippen LogP) is 5.12. The average Bonchev–Trinajstić information content (AvgIpc) is 2.81. The Bertz CT molecular complexity index is 1140. The van der Waals surface area contributed by atoms with Crippen molar-refractivity contribution in [1.29, 1.82) is 0 Å². The van der Waals surface area contributed by atoms with E-state index in [4.69, 9.17) is 11.6 Å². The zero-order valence-corrected chi connectivity index (χ0v) is 19.3. The van der Waals surface area contributed by atoms with Gasteiger partial charge in [-0.2, -0.15) is 11.8 Å². The van der Waals surface area contributed by atoms with Crippen LogP contribution >= 0.6 is 23.4 Å². The number of amides is 2. The lowest BCUT2D eigenvalue weighted by atomic mass is 10.1. The minimum absolute atomic E-state index is 0.192. The van der Waals surface area contributed by atoms with E-state index in [1.165, 1.54) is 17.8 Å². The molecule has 0 unspecified atom stereocenters. The van der Waals surface area contributed by atoms with E-state index in [2.05, 4.69) is 16.0 Å². The number of rotatable bonds is 8. The molecule has 3 N–H and O–H groups in total. The van der Waals surface area contributed by atoms with Crippen LogP contribution in [0.4, 0.5) is 15.8 Å². The second-order valence-corrected chi connectivity index (χ2v) is 9.09. The van der Waals surface area contributed by atoms with E-state index >= 15 is 0 Å². The van der Waals surface area contributed by atoms with Gasteiger partial charge >= 0.3 is 0 Å². The molecule has 0 saturated heterocycles. The molecular formula is C25H23ClFN3O2S. The summed E-state index contributed by atoms with van der Waals surface area (Å²) in [7, 11) is 0. The summed E-state index contributed by atoms with van der Waals surface area (Å²) in [6.45, 7) is 0.524. The summed E-state index contributed by atoms with van der Waals surface area (Å²) in [6.07, 6.45) is 0.743. The standard InChI is InChI=1S/C25H23ClFN3O2S/c26-19-7-4-8-20(27)18(19)14-33-15-23-25(32)30-22-13-17(9-10-21(22)29-23)24(31)28-12-11-16-5-2-1-3-6-16/h1-10,13,23,29H,11-12,14-15H2,(H,28,31)(H,30,32)/t23-/m1/s1. The second kappa shape index (κ2) is 10.7. The number of fused-ring (bicyclic) bond motifs is 1. The highest BCUT2D eigenvalue weighted by Crippen LogP contribution is 2.30. The molecule has 1 atom stereocenters. The van der Waals surface area contributed by atoms with E-state index in [0.717, 1.165) is 17.7 Å². The maximum atomic E-state index is 13.9. The lowest BCUT2D eigenvalue weighted by Gasteiger charge is -2.27. The normalized spacial score (nSPS) is 14.7. The molecule has 1 aliphatic rings.